The number of nitrogens with zero attached hydrogens (tertiary/aromatic N) is 2. The van der Waals surface area contributed by atoms with Gasteiger partial charge in [-0.1, -0.05) is 11.2 Å². The van der Waals surface area contributed by atoms with E-state index in [-0.39, 0.29) is 11.3 Å². The molecule has 20 heavy (non-hydrogen) atoms. The van der Waals surface area contributed by atoms with Gasteiger partial charge in [0.1, 0.15) is 29.1 Å². The van der Waals surface area contributed by atoms with Crippen molar-refractivity contribution in [1.82, 2.24) is 5.16 Å². The summed E-state index contributed by atoms with van der Waals surface area (Å²) in [5, 5.41) is 6.27. The molecular weight excluding hydrogens is 268 g/mol. The number of carbonyl (C=O) groups excluding carboxylic acids is 1. The van der Waals surface area contributed by atoms with Crippen molar-refractivity contribution in [2.45, 2.75) is 13.0 Å². The van der Waals surface area contributed by atoms with Crippen molar-refractivity contribution in [3.63, 3.8) is 0 Å². The molecule has 0 saturated carbocycles. The van der Waals surface area contributed by atoms with E-state index in [2.05, 4.69) is 15.5 Å². The van der Waals surface area contributed by atoms with Crippen molar-refractivity contribution >= 4 is 17.8 Å². The molecule has 1 amide bonds. The smallest absolute Gasteiger partial charge is 0.266 e. The Bertz CT molecular complexity index is 704. The van der Waals surface area contributed by atoms with E-state index in [0.29, 0.717) is 11.4 Å². The van der Waals surface area contributed by atoms with Crippen LogP contribution in [0.15, 0.2) is 27.7 Å². The van der Waals surface area contributed by atoms with Gasteiger partial charge in [0.05, 0.1) is 11.8 Å². The summed E-state index contributed by atoms with van der Waals surface area (Å²) in [6.07, 6.45) is 0.984. The van der Waals surface area contributed by atoms with Crippen LogP contribution < -0.4 is 5.32 Å². The molecule has 2 aromatic rings. The Hall–Kier alpha value is -2.57. The summed E-state index contributed by atoms with van der Waals surface area (Å²) in [7, 11) is 0. The molecule has 1 N–H and O–H groups in total. The van der Waals surface area contributed by atoms with Crippen LogP contribution in [0, 0.1) is 18.6 Å². The molecule has 7 heteroatoms. The number of nitrogens with one attached hydrogen (secondary N) is 1. The Morgan fingerprint density at radius 1 is 1.30 bits per heavy atom. The first-order valence-corrected chi connectivity index (χ1v) is 5.82. The Morgan fingerprint density at radius 2 is 2.00 bits per heavy atom. The summed E-state index contributed by atoms with van der Waals surface area (Å²) in [5.74, 6) is -1.67. The van der Waals surface area contributed by atoms with Crippen LogP contribution in [0.3, 0.4) is 0 Å². The van der Waals surface area contributed by atoms with Crippen molar-refractivity contribution in [3.05, 3.63) is 46.9 Å². The summed E-state index contributed by atoms with van der Waals surface area (Å²) in [5.41, 5.74) is 0.198. The van der Waals surface area contributed by atoms with Gasteiger partial charge < -0.3 is 9.84 Å². The third-order valence-corrected chi connectivity index (χ3v) is 3.01. The number of aliphatic imine (C=N–C) groups is 1. The van der Waals surface area contributed by atoms with E-state index < -0.39 is 23.6 Å². The fourth-order valence-corrected chi connectivity index (χ4v) is 2.08. The Labute approximate surface area is 112 Å². The molecule has 1 aliphatic rings. The molecule has 5 nitrogen and oxygen atoms in total. The normalized spacial score (nSPS) is 17.6. The summed E-state index contributed by atoms with van der Waals surface area (Å²) in [4.78, 5) is 15.4. The second-order valence-corrected chi connectivity index (χ2v) is 4.30. The molecule has 0 saturated heterocycles. The zero-order chi connectivity index (χ0) is 14.3. The summed E-state index contributed by atoms with van der Waals surface area (Å²) in [6, 6.07) is 2.44. The number of fused-ring (bicyclic) bond motifs is 1. The molecule has 0 radical (unpaired) electrons. The number of aryl methyl sites for hydroxylation is 1. The maximum absolute atomic E-state index is 13.9. The van der Waals surface area contributed by atoms with Crippen molar-refractivity contribution in [2.75, 3.05) is 5.32 Å². The first-order chi connectivity index (χ1) is 9.58. The molecule has 0 aliphatic carbocycles. The summed E-state index contributed by atoms with van der Waals surface area (Å²) < 4.78 is 32.7. The van der Waals surface area contributed by atoms with Crippen LogP contribution in [0.5, 0.6) is 0 Å². The van der Waals surface area contributed by atoms with Crippen molar-refractivity contribution < 1.29 is 18.1 Å². The van der Waals surface area contributed by atoms with E-state index in [1.54, 1.807) is 6.92 Å². The number of halogens is 2. The fourth-order valence-electron chi connectivity index (χ4n) is 2.08. The molecule has 1 aromatic carbocycles. The predicted octanol–water partition coefficient (Wildman–Crippen LogP) is 2.37. The molecule has 0 bridgehead atoms. The number of carbonyl (C=O) groups is 1. The number of hydrogen-bond donors (Lipinski definition) is 1. The average molecular weight is 277 g/mol. The van der Waals surface area contributed by atoms with Gasteiger partial charge in [0.15, 0.2) is 5.76 Å². The van der Waals surface area contributed by atoms with E-state index in [1.807, 2.05) is 0 Å². The largest absolute Gasteiger partial charge is 0.359 e. The molecule has 0 fully saturated rings. The zero-order valence-corrected chi connectivity index (χ0v) is 10.4. The minimum absolute atomic E-state index is 0.175. The SMILES string of the molecule is Cc1onc2c1NC(=O)C=NC2c1c(F)cccc1F. The highest BCUT2D eigenvalue weighted by Crippen LogP contribution is 2.36. The molecule has 1 atom stereocenters. The number of benzene rings is 1. The summed E-state index contributed by atoms with van der Waals surface area (Å²) in [6.45, 7) is 1.59. The predicted molar refractivity (Wildman–Crippen MR) is 66.6 cm³/mol. The third-order valence-electron chi connectivity index (χ3n) is 3.01. The van der Waals surface area contributed by atoms with Crippen LogP contribution in [0.25, 0.3) is 0 Å². The number of rotatable bonds is 1. The van der Waals surface area contributed by atoms with Crippen LogP contribution in [0.2, 0.25) is 0 Å². The van der Waals surface area contributed by atoms with Gasteiger partial charge >= 0.3 is 0 Å². The monoisotopic (exact) mass is 277 g/mol. The lowest BCUT2D eigenvalue weighted by molar-refractivity contribution is -0.109. The maximum Gasteiger partial charge on any atom is 0.266 e. The highest BCUT2D eigenvalue weighted by Gasteiger charge is 2.30. The Balaban J connectivity index is 2.23. The van der Waals surface area contributed by atoms with Gasteiger partial charge in [0.2, 0.25) is 0 Å². The van der Waals surface area contributed by atoms with Gasteiger partial charge in [-0.2, -0.15) is 0 Å². The quantitative estimate of drug-likeness (QED) is 0.870. The lowest BCUT2D eigenvalue weighted by atomic mass is 10.0. The molecule has 1 unspecified atom stereocenters. The van der Waals surface area contributed by atoms with Crippen LogP contribution in [-0.4, -0.2) is 17.3 Å². The summed E-state index contributed by atoms with van der Waals surface area (Å²) >= 11 is 0. The molecule has 0 spiro atoms. The maximum atomic E-state index is 13.9. The van der Waals surface area contributed by atoms with E-state index in [1.165, 1.54) is 6.07 Å². The van der Waals surface area contributed by atoms with Crippen molar-refractivity contribution in [2.24, 2.45) is 4.99 Å². The fraction of sp³-hybridized carbons (Fsp3) is 0.154. The van der Waals surface area contributed by atoms with E-state index in [9.17, 15) is 13.6 Å². The highest BCUT2D eigenvalue weighted by molar-refractivity contribution is 6.32. The number of aromatic nitrogens is 1. The van der Waals surface area contributed by atoms with Gasteiger partial charge in [0, 0.05) is 0 Å². The first kappa shape index (κ1) is 12.5. The average Bonchev–Trinajstić information content (AvgIpc) is 2.66. The second-order valence-electron chi connectivity index (χ2n) is 4.30. The Kier molecular flexibility index (Phi) is 2.81. The minimum Gasteiger partial charge on any atom is -0.359 e. The van der Waals surface area contributed by atoms with Crippen LogP contribution >= 0.6 is 0 Å². The van der Waals surface area contributed by atoms with E-state index in [0.717, 1.165) is 18.3 Å². The van der Waals surface area contributed by atoms with E-state index >= 15 is 0 Å². The number of anilines is 1. The molecular formula is C13H9F2N3O2. The van der Waals surface area contributed by atoms with Crippen molar-refractivity contribution in [3.8, 4) is 0 Å². The highest BCUT2D eigenvalue weighted by atomic mass is 19.1. The third kappa shape index (κ3) is 1.87. The van der Waals surface area contributed by atoms with Crippen molar-refractivity contribution in [1.29, 1.82) is 0 Å². The number of amides is 1. The van der Waals surface area contributed by atoms with Crippen LogP contribution in [0.4, 0.5) is 14.5 Å². The van der Waals surface area contributed by atoms with Gasteiger partial charge in [-0.25, -0.2) is 8.78 Å². The standard InChI is InChI=1S/C13H9F2N3O2/c1-6-11-13(18-20-6)12(16-5-9(19)17-11)10-7(14)3-2-4-8(10)15/h2-5,12H,1H3,(H,17,19). The molecule has 102 valence electrons. The second kappa shape index (κ2) is 4.52. The number of hydrogen-bond acceptors (Lipinski definition) is 4. The molecule has 1 aliphatic heterocycles. The van der Waals surface area contributed by atoms with Gasteiger partial charge in [-0.15, -0.1) is 0 Å². The van der Waals surface area contributed by atoms with E-state index in [4.69, 9.17) is 4.52 Å². The minimum atomic E-state index is -1.07. The molecule has 3 rings (SSSR count). The lowest BCUT2D eigenvalue weighted by Crippen LogP contribution is -2.11. The van der Waals surface area contributed by atoms with Gasteiger partial charge in [-0.3, -0.25) is 9.79 Å². The molecule has 2 heterocycles. The van der Waals surface area contributed by atoms with Gasteiger partial charge in [0.25, 0.3) is 5.91 Å². The topological polar surface area (TPSA) is 67.5 Å². The lowest BCUT2D eigenvalue weighted by Gasteiger charge is -2.11. The van der Waals surface area contributed by atoms with Gasteiger partial charge in [-0.05, 0) is 19.1 Å². The first-order valence-electron chi connectivity index (χ1n) is 5.82. The van der Waals surface area contributed by atoms with Crippen LogP contribution in [-0.2, 0) is 4.79 Å². The Morgan fingerprint density at radius 3 is 2.70 bits per heavy atom. The van der Waals surface area contributed by atoms with Crippen LogP contribution in [0.1, 0.15) is 23.1 Å². The molecule has 1 aromatic heterocycles. The zero-order valence-electron chi connectivity index (χ0n) is 10.4.